The van der Waals surface area contributed by atoms with Gasteiger partial charge in [-0.25, -0.2) is 0 Å². The number of benzene rings is 2. The average molecular weight is 342 g/mol. The zero-order valence-electron chi connectivity index (χ0n) is 14.1. The quantitative estimate of drug-likeness (QED) is 0.801. The Hall–Kier alpha value is -2.40. The lowest BCUT2D eigenvalue weighted by molar-refractivity contribution is 0.0977. The Morgan fingerprint density at radius 1 is 1.12 bits per heavy atom. The monoisotopic (exact) mass is 342 g/mol. The third-order valence-electron chi connectivity index (χ3n) is 3.31. The van der Waals surface area contributed by atoms with Crippen molar-refractivity contribution in [1.29, 1.82) is 0 Å². The van der Waals surface area contributed by atoms with Crippen LogP contribution in [0, 0.1) is 12.8 Å². The average Bonchev–Trinajstić information content (AvgIpc) is 2.54. The Morgan fingerprint density at radius 3 is 2.42 bits per heavy atom. The van der Waals surface area contributed by atoms with E-state index < -0.39 is 0 Å². The van der Waals surface area contributed by atoms with Crippen molar-refractivity contribution in [3.8, 4) is 5.75 Å². The predicted molar refractivity (Wildman–Crippen MR) is 102 cm³/mol. The number of nitrogens with one attached hydrogen (secondary N) is 2. The molecule has 4 nitrogen and oxygen atoms in total. The second-order valence-electron chi connectivity index (χ2n) is 5.95. The molecular weight excluding hydrogens is 320 g/mol. The molecule has 2 N–H and O–H groups in total. The molecule has 2 aromatic rings. The molecular formula is C19H22N2O2S. The van der Waals surface area contributed by atoms with Gasteiger partial charge in [-0.05, 0) is 61.0 Å². The third kappa shape index (κ3) is 5.35. The maximum atomic E-state index is 12.2. The molecule has 24 heavy (non-hydrogen) atoms. The standard InChI is InChI=1S/C19H22N2O2S/c1-13(2)12-23-16-10-8-15(9-11-16)20-19(24)21-18(22)17-7-5-4-6-14(17)3/h4-11,13H,12H2,1-3H3,(H2,20,21,22,24). The van der Waals surface area contributed by atoms with E-state index in [0.717, 1.165) is 17.0 Å². The number of rotatable bonds is 5. The summed E-state index contributed by atoms with van der Waals surface area (Å²) in [5.41, 5.74) is 2.31. The molecule has 0 atom stereocenters. The van der Waals surface area contributed by atoms with E-state index in [2.05, 4.69) is 24.5 Å². The van der Waals surface area contributed by atoms with Gasteiger partial charge in [-0.3, -0.25) is 10.1 Å². The van der Waals surface area contributed by atoms with Crippen molar-refractivity contribution >= 4 is 28.9 Å². The number of hydrogen-bond donors (Lipinski definition) is 2. The lowest BCUT2D eigenvalue weighted by Gasteiger charge is -2.12. The van der Waals surface area contributed by atoms with Gasteiger partial charge in [0.2, 0.25) is 0 Å². The summed E-state index contributed by atoms with van der Waals surface area (Å²) < 4.78 is 5.63. The summed E-state index contributed by atoms with van der Waals surface area (Å²) in [6.45, 7) is 6.77. The highest BCUT2D eigenvalue weighted by Crippen LogP contribution is 2.16. The molecule has 0 aliphatic heterocycles. The van der Waals surface area contributed by atoms with Gasteiger partial charge in [0.25, 0.3) is 5.91 Å². The molecule has 5 heteroatoms. The van der Waals surface area contributed by atoms with Gasteiger partial charge >= 0.3 is 0 Å². The first kappa shape index (κ1) is 17.9. The fraction of sp³-hybridized carbons (Fsp3) is 0.263. The van der Waals surface area contributed by atoms with Crippen molar-refractivity contribution in [1.82, 2.24) is 5.32 Å². The van der Waals surface area contributed by atoms with Crippen LogP contribution < -0.4 is 15.4 Å². The van der Waals surface area contributed by atoms with Crippen molar-refractivity contribution < 1.29 is 9.53 Å². The molecule has 0 heterocycles. The molecule has 2 aromatic carbocycles. The maximum Gasteiger partial charge on any atom is 0.257 e. The molecule has 0 aliphatic rings. The Morgan fingerprint density at radius 2 is 1.79 bits per heavy atom. The minimum Gasteiger partial charge on any atom is -0.493 e. The molecule has 0 saturated carbocycles. The molecule has 0 fully saturated rings. The van der Waals surface area contributed by atoms with Crippen LogP contribution in [0.4, 0.5) is 5.69 Å². The van der Waals surface area contributed by atoms with Crippen molar-refractivity contribution in [2.24, 2.45) is 5.92 Å². The number of ether oxygens (including phenoxy) is 1. The Kier molecular flexibility index (Phi) is 6.32. The van der Waals surface area contributed by atoms with Crippen LogP contribution in [0.1, 0.15) is 29.8 Å². The van der Waals surface area contributed by atoms with Gasteiger partial charge in [-0.15, -0.1) is 0 Å². The number of hydrogen-bond acceptors (Lipinski definition) is 3. The van der Waals surface area contributed by atoms with E-state index in [9.17, 15) is 4.79 Å². The van der Waals surface area contributed by atoms with E-state index >= 15 is 0 Å². The van der Waals surface area contributed by atoms with Crippen LogP contribution in [0.3, 0.4) is 0 Å². The lowest BCUT2D eigenvalue weighted by atomic mass is 10.1. The third-order valence-corrected chi connectivity index (χ3v) is 3.52. The molecule has 0 unspecified atom stereocenters. The van der Waals surface area contributed by atoms with Gasteiger partial charge in [-0.2, -0.15) is 0 Å². The second kappa shape index (κ2) is 8.45. The van der Waals surface area contributed by atoms with Crippen LogP contribution in [0.5, 0.6) is 5.75 Å². The van der Waals surface area contributed by atoms with Crippen molar-refractivity contribution in [2.75, 3.05) is 11.9 Å². The van der Waals surface area contributed by atoms with Gasteiger partial charge in [0.05, 0.1) is 6.61 Å². The minimum absolute atomic E-state index is 0.220. The zero-order valence-corrected chi connectivity index (χ0v) is 14.9. The summed E-state index contributed by atoms with van der Waals surface area (Å²) in [5, 5.41) is 5.95. The number of carbonyl (C=O) groups is 1. The van der Waals surface area contributed by atoms with E-state index in [4.69, 9.17) is 17.0 Å². The van der Waals surface area contributed by atoms with Crippen LogP contribution >= 0.6 is 12.2 Å². The zero-order chi connectivity index (χ0) is 17.5. The number of thiocarbonyl (C=S) groups is 1. The highest BCUT2D eigenvalue weighted by Gasteiger charge is 2.10. The molecule has 2 rings (SSSR count). The van der Waals surface area contributed by atoms with Gasteiger partial charge in [0, 0.05) is 11.3 Å². The molecule has 0 aliphatic carbocycles. The van der Waals surface area contributed by atoms with Crippen LogP contribution in [0.15, 0.2) is 48.5 Å². The number of carbonyl (C=O) groups excluding carboxylic acids is 1. The highest BCUT2D eigenvalue weighted by molar-refractivity contribution is 7.80. The first-order valence-electron chi connectivity index (χ1n) is 7.86. The van der Waals surface area contributed by atoms with E-state index in [1.54, 1.807) is 6.07 Å². The van der Waals surface area contributed by atoms with Crippen LogP contribution in [-0.4, -0.2) is 17.6 Å². The summed E-state index contributed by atoms with van der Waals surface area (Å²) in [4.78, 5) is 12.2. The lowest BCUT2D eigenvalue weighted by Crippen LogP contribution is -2.34. The summed E-state index contributed by atoms with van der Waals surface area (Å²) in [7, 11) is 0. The molecule has 126 valence electrons. The highest BCUT2D eigenvalue weighted by atomic mass is 32.1. The van der Waals surface area contributed by atoms with E-state index in [0.29, 0.717) is 18.1 Å². The molecule has 0 bridgehead atoms. The Bertz CT molecular complexity index is 712. The first-order valence-corrected chi connectivity index (χ1v) is 8.27. The molecule has 0 saturated heterocycles. The fourth-order valence-electron chi connectivity index (χ4n) is 2.06. The number of anilines is 1. The predicted octanol–water partition coefficient (Wildman–Crippen LogP) is 4.16. The topological polar surface area (TPSA) is 50.4 Å². The van der Waals surface area contributed by atoms with Crippen LogP contribution in [0.2, 0.25) is 0 Å². The van der Waals surface area contributed by atoms with Gasteiger partial charge < -0.3 is 10.1 Å². The molecule has 0 radical (unpaired) electrons. The first-order chi connectivity index (χ1) is 11.5. The van der Waals surface area contributed by atoms with Gasteiger partial charge in [0.1, 0.15) is 5.75 Å². The number of aryl methyl sites for hydroxylation is 1. The van der Waals surface area contributed by atoms with Crippen molar-refractivity contribution in [2.45, 2.75) is 20.8 Å². The SMILES string of the molecule is Cc1ccccc1C(=O)NC(=S)Nc1ccc(OCC(C)C)cc1. The van der Waals surface area contributed by atoms with Crippen molar-refractivity contribution in [3.05, 3.63) is 59.7 Å². The summed E-state index contributed by atoms with van der Waals surface area (Å²) in [5.74, 6) is 1.07. The van der Waals surface area contributed by atoms with Crippen molar-refractivity contribution in [3.63, 3.8) is 0 Å². The number of amides is 1. The smallest absolute Gasteiger partial charge is 0.257 e. The summed E-state index contributed by atoms with van der Waals surface area (Å²) in [6.07, 6.45) is 0. The summed E-state index contributed by atoms with van der Waals surface area (Å²) >= 11 is 5.20. The largest absolute Gasteiger partial charge is 0.493 e. The molecule has 1 amide bonds. The molecule has 0 aromatic heterocycles. The van der Waals surface area contributed by atoms with E-state index in [1.807, 2.05) is 49.4 Å². The Balaban J connectivity index is 1.90. The Labute approximate surface area is 148 Å². The van der Waals surface area contributed by atoms with Crippen LogP contribution in [0.25, 0.3) is 0 Å². The van der Waals surface area contributed by atoms with E-state index in [1.165, 1.54) is 0 Å². The fourth-order valence-corrected chi connectivity index (χ4v) is 2.27. The summed E-state index contributed by atoms with van der Waals surface area (Å²) in [6, 6.07) is 14.9. The molecule has 0 spiro atoms. The van der Waals surface area contributed by atoms with Gasteiger partial charge in [-0.1, -0.05) is 32.0 Å². The van der Waals surface area contributed by atoms with Crippen LogP contribution in [-0.2, 0) is 0 Å². The van der Waals surface area contributed by atoms with Gasteiger partial charge in [0.15, 0.2) is 5.11 Å². The minimum atomic E-state index is -0.220. The normalized spacial score (nSPS) is 10.3. The van der Waals surface area contributed by atoms with E-state index in [-0.39, 0.29) is 11.0 Å². The maximum absolute atomic E-state index is 12.2. The second-order valence-corrected chi connectivity index (χ2v) is 6.36.